The van der Waals surface area contributed by atoms with E-state index < -0.39 is 0 Å². The average molecular weight is 286 g/mol. The first-order valence-corrected chi connectivity index (χ1v) is 5.98. The average Bonchev–Trinajstić information content (AvgIpc) is 2.59. The number of aryl methyl sites for hydroxylation is 1. The maximum Gasteiger partial charge on any atom is 0.254 e. The molecule has 2 rings (SSSR count). The van der Waals surface area contributed by atoms with Gasteiger partial charge in [0.2, 0.25) is 5.91 Å². The van der Waals surface area contributed by atoms with Crippen LogP contribution in [0.2, 0.25) is 0 Å². The Labute approximate surface area is 99.3 Å². The first-order chi connectivity index (χ1) is 7.06. The molecule has 1 aliphatic heterocycles. The smallest absolute Gasteiger partial charge is 0.254 e. The number of carbonyl (C=O) groups is 2. The molecule has 1 aliphatic rings. The highest BCUT2D eigenvalue weighted by molar-refractivity contribution is 9.10. The Kier molecular flexibility index (Phi) is 2.75. The molecule has 2 amide bonds. The molecule has 1 N–H and O–H groups in total. The Bertz CT molecular complexity index is 456. The van der Waals surface area contributed by atoms with Crippen LogP contribution in [-0.4, -0.2) is 11.8 Å². The minimum absolute atomic E-state index is 0.188. The monoisotopic (exact) mass is 285 g/mol. The maximum absolute atomic E-state index is 11.3. The van der Waals surface area contributed by atoms with Gasteiger partial charge in [-0.25, -0.2) is 0 Å². The van der Waals surface area contributed by atoms with E-state index in [-0.39, 0.29) is 18.2 Å². The maximum atomic E-state index is 11.3. The fraction of sp³-hybridized carbons (Fsp3) is 0.200. The van der Waals surface area contributed by atoms with Crippen LogP contribution in [0.3, 0.4) is 0 Å². The van der Waals surface area contributed by atoms with Gasteiger partial charge in [-0.1, -0.05) is 0 Å². The molecule has 0 radical (unpaired) electrons. The molecular weight excluding hydrogens is 278 g/mol. The summed E-state index contributed by atoms with van der Waals surface area (Å²) in [5.41, 5.74) is 0.536. The molecule has 3 nitrogen and oxygen atoms in total. The Morgan fingerprint density at radius 2 is 2.27 bits per heavy atom. The summed E-state index contributed by atoms with van der Waals surface area (Å²) < 4.78 is 1.03. The second kappa shape index (κ2) is 3.90. The molecule has 1 fully saturated rings. The minimum Gasteiger partial charge on any atom is -0.292 e. The van der Waals surface area contributed by atoms with Crippen LogP contribution < -0.4 is 5.32 Å². The summed E-state index contributed by atoms with van der Waals surface area (Å²) in [6.45, 7) is 2.00. The summed E-state index contributed by atoms with van der Waals surface area (Å²) in [7, 11) is 0. The van der Waals surface area contributed by atoms with Crippen molar-refractivity contribution in [1.29, 1.82) is 0 Å². The lowest BCUT2D eigenvalue weighted by Gasteiger charge is -1.89. The molecule has 0 saturated carbocycles. The van der Waals surface area contributed by atoms with Gasteiger partial charge in [0.05, 0.1) is 6.42 Å². The van der Waals surface area contributed by atoms with Gasteiger partial charge in [0.15, 0.2) is 0 Å². The van der Waals surface area contributed by atoms with Crippen LogP contribution in [0.25, 0.3) is 6.08 Å². The molecule has 2 heterocycles. The van der Waals surface area contributed by atoms with Crippen molar-refractivity contribution in [3.8, 4) is 0 Å². The number of hydrogen-bond donors (Lipinski definition) is 1. The van der Waals surface area contributed by atoms with Crippen molar-refractivity contribution < 1.29 is 9.59 Å². The van der Waals surface area contributed by atoms with Crippen molar-refractivity contribution in [2.45, 2.75) is 13.3 Å². The second-order valence-electron chi connectivity index (χ2n) is 3.28. The number of thiophene rings is 1. The third-order valence-electron chi connectivity index (χ3n) is 2.09. The van der Waals surface area contributed by atoms with Gasteiger partial charge >= 0.3 is 0 Å². The normalized spacial score (nSPS) is 18.7. The number of amides is 2. The van der Waals surface area contributed by atoms with Crippen molar-refractivity contribution in [3.63, 3.8) is 0 Å². The summed E-state index contributed by atoms with van der Waals surface area (Å²) in [6, 6.07) is 1.95. The van der Waals surface area contributed by atoms with Gasteiger partial charge in [0.1, 0.15) is 0 Å². The van der Waals surface area contributed by atoms with E-state index in [9.17, 15) is 9.59 Å². The fourth-order valence-corrected chi connectivity index (χ4v) is 2.87. The molecule has 0 aromatic carbocycles. The Morgan fingerprint density at radius 3 is 2.73 bits per heavy atom. The van der Waals surface area contributed by atoms with Crippen molar-refractivity contribution in [1.82, 2.24) is 5.32 Å². The zero-order valence-corrected chi connectivity index (χ0v) is 10.4. The van der Waals surface area contributed by atoms with E-state index in [1.165, 1.54) is 0 Å². The highest BCUT2D eigenvalue weighted by Gasteiger charge is 2.23. The number of halogens is 1. The van der Waals surface area contributed by atoms with Gasteiger partial charge in [-0.2, -0.15) is 0 Å². The summed E-state index contributed by atoms with van der Waals surface area (Å²) in [6.07, 6.45) is 1.95. The van der Waals surface area contributed by atoms with Gasteiger partial charge in [0, 0.05) is 19.8 Å². The van der Waals surface area contributed by atoms with E-state index in [1.54, 1.807) is 17.4 Å². The van der Waals surface area contributed by atoms with Crippen molar-refractivity contribution >= 4 is 45.2 Å². The van der Waals surface area contributed by atoms with E-state index in [1.807, 2.05) is 13.0 Å². The molecule has 0 aliphatic carbocycles. The van der Waals surface area contributed by atoms with Crippen molar-refractivity contribution in [2.24, 2.45) is 0 Å². The molecule has 1 aromatic rings. The lowest BCUT2D eigenvalue weighted by atomic mass is 10.2. The van der Waals surface area contributed by atoms with Crippen LogP contribution in [0.1, 0.15) is 16.2 Å². The molecule has 1 aromatic heterocycles. The van der Waals surface area contributed by atoms with E-state index in [4.69, 9.17) is 0 Å². The van der Waals surface area contributed by atoms with Gasteiger partial charge in [-0.15, -0.1) is 11.3 Å². The lowest BCUT2D eigenvalue weighted by molar-refractivity contribution is -0.124. The van der Waals surface area contributed by atoms with Crippen molar-refractivity contribution in [3.05, 3.63) is 25.9 Å². The summed E-state index contributed by atoms with van der Waals surface area (Å²) >= 11 is 5.00. The predicted molar refractivity (Wildman–Crippen MR) is 62.5 cm³/mol. The molecule has 0 spiro atoms. The second-order valence-corrected chi connectivity index (χ2v) is 5.42. The summed E-state index contributed by atoms with van der Waals surface area (Å²) in [5.74, 6) is -0.499. The predicted octanol–water partition coefficient (Wildman–Crippen LogP) is 2.25. The van der Waals surface area contributed by atoms with E-state index in [0.717, 1.165) is 14.2 Å². The Balaban J connectivity index is 2.30. The van der Waals surface area contributed by atoms with Crippen LogP contribution >= 0.6 is 27.3 Å². The van der Waals surface area contributed by atoms with Gasteiger partial charge in [-0.3, -0.25) is 14.9 Å². The van der Waals surface area contributed by atoms with E-state index in [0.29, 0.717) is 5.57 Å². The van der Waals surface area contributed by atoms with Crippen LogP contribution in [0.15, 0.2) is 16.1 Å². The largest absolute Gasteiger partial charge is 0.292 e. The zero-order valence-electron chi connectivity index (χ0n) is 7.96. The van der Waals surface area contributed by atoms with E-state index in [2.05, 4.69) is 21.2 Å². The zero-order chi connectivity index (χ0) is 11.0. The quantitative estimate of drug-likeness (QED) is 0.635. The standard InChI is InChI=1S/C10H8BrNO2S/c1-5-8(11)4-7(15-5)2-6-3-9(13)12-10(6)14/h2,4H,3H2,1H3,(H,12,13,14)/b6-2-. The molecule has 1 saturated heterocycles. The number of carbonyl (C=O) groups excluding carboxylic acids is 2. The Hall–Kier alpha value is -0.940. The van der Waals surface area contributed by atoms with Crippen molar-refractivity contribution in [2.75, 3.05) is 0 Å². The fourth-order valence-electron chi connectivity index (χ4n) is 1.35. The lowest BCUT2D eigenvalue weighted by Crippen LogP contribution is -2.19. The first-order valence-electron chi connectivity index (χ1n) is 4.37. The number of hydrogen-bond acceptors (Lipinski definition) is 3. The molecule has 15 heavy (non-hydrogen) atoms. The van der Waals surface area contributed by atoms with Crippen LogP contribution in [-0.2, 0) is 9.59 Å². The molecule has 0 unspecified atom stereocenters. The van der Waals surface area contributed by atoms with Gasteiger partial charge in [-0.05, 0) is 35.0 Å². The number of imide groups is 1. The third-order valence-corrected chi connectivity index (χ3v) is 4.17. The molecule has 0 bridgehead atoms. The van der Waals surface area contributed by atoms with E-state index >= 15 is 0 Å². The van der Waals surface area contributed by atoms with Gasteiger partial charge in [0.25, 0.3) is 5.91 Å². The van der Waals surface area contributed by atoms with Crippen LogP contribution in [0.5, 0.6) is 0 Å². The number of rotatable bonds is 1. The SMILES string of the molecule is Cc1sc(/C=C2/CC(=O)NC2=O)cc1Br. The highest BCUT2D eigenvalue weighted by atomic mass is 79.9. The minimum atomic E-state index is -0.276. The molecule has 5 heteroatoms. The first kappa shape index (κ1) is 10.6. The molecule has 78 valence electrons. The third kappa shape index (κ3) is 2.18. The summed E-state index contributed by atoms with van der Waals surface area (Å²) in [4.78, 5) is 24.4. The molecular formula is C10H8BrNO2S. The topological polar surface area (TPSA) is 46.2 Å². The van der Waals surface area contributed by atoms with Crippen LogP contribution in [0, 0.1) is 6.92 Å². The van der Waals surface area contributed by atoms with Gasteiger partial charge < -0.3 is 0 Å². The van der Waals surface area contributed by atoms with Crippen LogP contribution in [0.4, 0.5) is 0 Å². The highest BCUT2D eigenvalue weighted by Crippen LogP contribution is 2.28. The summed E-state index contributed by atoms with van der Waals surface area (Å²) in [5, 5.41) is 2.26. The number of nitrogens with one attached hydrogen (secondary N) is 1. The molecule has 0 atom stereocenters. The Morgan fingerprint density at radius 1 is 1.53 bits per heavy atom.